The van der Waals surface area contributed by atoms with Crippen LogP contribution in [0.5, 0.6) is 0 Å². The Kier molecular flexibility index (Phi) is 11.0. The van der Waals surface area contributed by atoms with Crippen LogP contribution in [0, 0.1) is 10.1 Å². The number of ether oxygens (including phenoxy) is 1. The molecule has 0 bridgehead atoms. The Balaban J connectivity index is 0.00000544. The minimum absolute atomic E-state index is 0. The van der Waals surface area contributed by atoms with E-state index in [1.54, 1.807) is 0 Å². The normalized spacial score (nSPS) is 12.2. The first-order chi connectivity index (χ1) is 15.1. The molecule has 2 rings (SSSR count). The molecule has 2 amide bonds. The molecule has 1 heterocycles. The summed E-state index contributed by atoms with van der Waals surface area (Å²) >= 11 is 11.1. The molecule has 0 aliphatic carbocycles. The molecule has 11 nitrogen and oxygen atoms in total. The van der Waals surface area contributed by atoms with Crippen LogP contribution in [0.15, 0.2) is 48.8 Å². The molecule has 0 saturated carbocycles. The number of aromatic nitrogens is 1. The number of aliphatic hydroxyl groups excluding tert-OH is 1. The van der Waals surface area contributed by atoms with E-state index in [1.807, 2.05) is 0 Å². The minimum Gasteiger partial charge on any atom is -1.00 e. The van der Waals surface area contributed by atoms with Gasteiger partial charge in [0.2, 0.25) is 6.54 Å². The Labute approximate surface area is 204 Å². The number of alkyl halides is 2. The van der Waals surface area contributed by atoms with E-state index < -0.39 is 46.3 Å². The molecule has 0 radical (unpaired) electrons. The zero-order chi connectivity index (χ0) is 23.8. The van der Waals surface area contributed by atoms with Gasteiger partial charge < -0.3 is 33.3 Å². The number of nitro benzene ring substituents is 1. The van der Waals surface area contributed by atoms with Gasteiger partial charge in [-0.1, -0.05) is 23.2 Å². The third-order valence-corrected chi connectivity index (χ3v) is 4.63. The minimum atomic E-state index is -1.44. The van der Waals surface area contributed by atoms with Crippen LogP contribution in [0.3, 0.4) is 0 Å². The molecule has 0 spiro atoms. The lowest BCUT2D eigenvalue weighted by Gasteiger charge is -2.24. The number of hydrogen-bond acceptors (Lipinski definition) is 7. The van der Waals surface area contributed by atoms with Crippen LogP contribution < -0.4 is 28.0 Å². The van der Waals surface area contributed by atoms with E-state index in [0.717, 1.165) is 0 Å². The van der Waals surface area contributed by atoms with Crippen molar-refractivity contribution in [1.82, 2.24) is 5.32 Å². The number of aliphatic hydroxyl groups is 1. The predicted molar refractivity (Wildman–Crippen MR) is 112 cm³/mol. The van der Waals surface area contributed by atoms with E-state index in [2.05, 4.69) is 5.32 Å². The molecule has 0 saturated heterocycles. The van der Waals surface area contributed by atoms with Crippen molar-refractivity contribution in [2.75, 3.05) is 6.61 Å². The molecule has 14 heteroatoms. The number of primary amides is 1. The van der Waals surface area contributed by atoms with Gasteiger partial charge in [-0.05, 0) is 23.8 Å². The Morgan fingerprint density at radius 3 is 2.39 bits per heavy atom. The summed E-state index contributed by atoms with van der Waals surface area (Å²) in [6.45, 7) is -0.734. The highest BCUT2D eigenvalue weighted by Gasteiger charge is 2.27. The van der Waals surface area contributed by atoms with Gasteiger partial charge in [0.25, 0.3) is 17.5 Å². The Hall–Kier alpha value is -2.99. The molecular formula is C19H19Cl3N4O7. The number of nitrogens with one attached hydrogen (secondary N) is 1. The van der Waals surface area contributed by atoms with Crippen LogP contribution in [0.4, 0.5) is 5.69 Å². The van der Waals surface area contributed by atoms with Crippen molar-refractivity contribution >= 4 is 46.7 Å². The summed E-state index contributed by atoms with van der Waals surface area (Å²) in [5.74, 6) is -2.24. The first kappa shape index (κ1) is 28.0. The first-order valence-corrected chi connectivity index (χ1v) is 9.91. The van der Waals surface area contributed by atoms with Gasteiger partial charge in [-0.2, -0.15) is 4.57 Å². The van der Waals surface area contributed by atoms with E-state index in [0.29, 0.717) is 0 Å². The Morgan fingerprint density at radius 2 is 1.85 bits per heavy atom. The fraction of sp³-hybridized carbons (Fsp3) is 0.263. The number of carbonyl (C=O) groups excluding carboxylic acids is 3. The van der Waals surface area contributed by atoms with Crippen molar-refractivity contribution in [3.8, 4) is 0 Å². The lowest BCUT2D eigenvalue weighted by Crippen LogP contribution is -3.00. The average molecular weight is 522 g/mol. The number of halogens is 3. The van der Waals surface area contributed by atoms with Gasteiger partial charge in [0.05, 0.1) is 11.0 Å². The van der Waals surface area contributed by atoms with Crippen LogP contribution in [0.25, 0.3) is 0 Å². The fourth-order valence-electron chi connectivity index (χ4n) is 2.63. The van der Waals surface area contributed by atoms with Crippen LogP contribution >= 0.6 is 23.2 Å². The SMILES string of the molecule is NC(=O)c1ccc[n+](CC(=O)OC[C@@H](NC(=O)C(Cl)Cl)[C@H](O)c2ccc([N+](=O)[O-])cc2)c1.[Cl-]. The molecule has 2 aromatic rings. The van der Waals surface area contributed by atoms with Crippen molar-refractivity contribution in [2.24, 2.45) is 5.73 Å². The topological polar surface area (TPSA) is 166 Å². The second-order valence-corrected chi connectivity index (χ2v) is 7.62. The number of carbonyl (C=O) groups is 3. The predicted octanol–water partition coefficient (Wildman–Crippen LogP) is -2.45. The lowest BCUT2D eigenvalue weighted by atomic mass is 10.0. The maximum atomic E-state index is 12.2. The number of non-ortho nitro benzene ring substituents is 1. The monoisotopic (exact) mass is 520 g/mol. The van der Waals surface area contributed by atoms with Crippen LogP contribution in [0.1, 0.15) is 22.0 Å². The zero-order valence-electron chi connectivity index (χ0n) is 16.8. The number of esters is 1. The van der Waals surface area contributed by atoms with E-state index in [4.69, 9.17) is 33.7 Å². The molecule has 0 fully saturated rings. The second-order valence-electron chi connectivity index (χ2n) is 6.52. The molecule has 0 unspecified atom stereocenters. The van der Waals surface area contributed by atoms with Gasteiger partial charge >= 0.3 is 5.97 Å². The summed E-state index contributed by atoms with van der Waals surface area (Å²) in [5.41, 5.74) is 5.42. The fourth-order valence-corrected chi connectivity index (χ4v) is 2.75. The average Bonchev–Trinajstić information content (AvgIpc) is 2.76. The number of pyridine rings is 1. The smallest absolute Gasteiger partial charge is 0.372 e. The Bertz CT molecular complexity index is 1010. The van der Waals surface area contributed by atoms with Crippen molar-refractivity contribution in [3.05, 3.63) is 70.0 Å². The van der Waals surface area contributed by atoms with Crippen molar-refractivity contribution < 1.29 is 46.1 Å². The van der Waals surface area contributed by atoms with Crippen molar-refractivity contribution in [1.29, 1.82) is 0 Å². The summed E-state index contributed by atoms with van der Waals surface area (Å²) < 4.78 is 6.52. The van der Waals surface area contributed by atoms with E-state index in [-0.39, 0.29) is 35.8 Å². The van der Waals surface area contributed by atoms with Gasteiger partial charge in [0.15, 0.2) is 17.2 Å². The van der Waals surface area contributed by atoms with E-state index in [1.165, 1.54) is 53.4 Å². The van der Waals surface area contributed by atoms with Crippen LogP contribution in [-0.4, -0.2) is 45.3 Å². The third-order valence-electron chi connectivity index (χ3n) is 4.23. The molecule has 0 aliphatic heterocycles. The summed E-state index contributed by atoms with van der Waals surface area (Å²) in [4.78, 5) is 44.1. The number of benzene rings is 1. The van der Waals surface area contributed by atoms with Crippen LogP contribution in [0.2, 0.25) is 0 Å². The molecule has 0 aliphatic rings. The maximum Gasteiger partial charge on any atom is 0.372 e. The summed E-state index contributed by atoms with van der Waals surface area (Å²) in [6.07, 6.45) is 1.48. The van der Waals surface area contributed by atoms with Crippen molar-refractivity contribution in [3.63, 3.8) is 0 Å². The van der Waals surface area contributed by atoms with Gasteiger partial charge in [-0.3, -0.25) is 19.7 Å². The standard InChI is InChI=1S/C19H18Cl2N4O7.ClH/c20-17(21)19(29)23-14(16(27)11-3-5-13(6-4-11)25(30)31)10-32-15(26)9-24-7-1-2-12(8-24)18(22)28;/h1-8,14,16-17,27H,9-10H2,(H2-,22,23,28,29);1H/t14-,16-;/m1./s1. The van der Waals surface area contributed by atoms with E-state index in [9.17, 15) is 29.6 Å². The highest BCUT2D eigenvalue weighted by atomic mass is 35.5. The number of hydrogen-bond donors (Lipinski definition) is 3. The largest absolute Gasteiger partial charge is 1.00 e. The lowest BCUT2D eigenvalue weighted by molar-refractivity contribution is -0.686. The van der Waals surface area contributed by atoms with Crippen molar-refractivity contribution in [2.45, 2.75) is 23.5 Å². The summed E-state index contributed by atoms with van der Waals surface area (Å²) in [7, 11) is 0. The molecule has 1 aromatic carbocycles. The maximum absolute atomic E-state index is 12.2. The van der Waals surface area contributed by atoms with Gasteiger partial charge in [-0.15, -0.1) is 0 Å². The highest BCUT2D eigenvalue weighted by Crippen LogP contribution is 2.21. The summed E-state index contributed by atoms with van der Waals surface area (Å²) in [5, 5.41) is 23.8. The first-order valence-electron chi connectivity index (χ1n) is 9.04. The van der Waals surface area contributed by atoms with Crippen LogP contribution in [-0.2, 0) is 20.9 Å². The van der Waals surface area contributed by atoms with Gasteiger partial charge in [-0.25, -0.2) is 4.79 Å². The van der Waals surface area contributed by atoms with E-state index >= 15 is 0 Å². The Morgan fingerprint density at radius 1 is 1.21 bits per heavy atom. The summed E-state index contributed by atoms with van der Waals surface area (Å²) in [6, 6.07) is 6.80. The third kappa shape index (κ3) is 8.46. The molecule has 1 aromatic heterocycles. The second kappa shape index (κ2) is 12.9. The molecular weight excluding hydrogens is 503 g/mol. The number of amides is 2. The zero-order valence-corrected chi connectivity index (χ0v) is 19.0. The molecule has 33 heavy (non-hydrogen) atoms. The number of rotatable bonds is 10. The number of nitro groups is 1. The highest BCUT2D eigenvalue weighted by molar-refractivity contribution is 6.53. The van der Waals surface area contributed by atoms with Gasteiger partial charge in [0.1, 0.15) is 18.3 Å². The molecule has 4 N–H and O–H groups in total. The molecule has 2 atom stereocenters. The number of nitrogens with zero attached hydrogens (tertiary/aromatic N) is 2. The number of nitrogens with two attached hydrogens (primary N) is 1. The van der Waals surface area contributed by atoms with Gasteiger partial charge in [0, 0.05) is 18.2 Å². The molecule has 178 valence electrons. The quantitative estimate of drug-likeness (QED) is 0.103.